The zero-order valence-electron chi connectivity index (χ0n) is 11.6. The fourth-order valence-electron chi connectivity index (χ4n) is 3.26. The van der Waals surface area contributed by atoms with Crippen molar-refractivity contribution in [1.29, 1.82) is 0 Å². The summed E-state index contributed by atoms with van der Waals surface area (Å²) in [6, 6.07) is 5.50. The number of nitrogens with zero attached hydrogens (tertiary/aromatic N) is 1. The van der Waals surface area contributed by atoms with Crippen LogP contribution in [0.15, 0.2) is 18.2 Å². The standard InChI is InChI=1S/C15H19ClN2O.ClH/c1-10-6-13(16)2-3-14(10)15(19)18-5-4-11-7-17-8-12(11)9-18;/h2-3,6,11-12,17H,4-5,7-9H2,1H3;1H. The number of halogens is 2. The molecule has 0 spiro atoms. The summed E-state index contributed by atoms with van der Waals surface area (Å²) in [7, 11) is 0. The molecule has 2 fully saturated rings. The van der Waals surface area contributed by atoms with Crippen LogP contribution in [0, 0.1) is 18.8 Å². The molecule has 3 nitrogen and oxygen atoms in total. The Morgan fingerprint density at radius 2 is 2.10 bits per heavy atom. The van der Waals surface area contributed by atoms with Crippen molar-refractivity contribution in [3.8, 4) is 0 Å². The first-order valence-electron chi connectivity index (χ1n) is 6.91. The Bertz CT molecular complexity index is 507. The summed E-state index contributed by atoms with van der Waals surface area (Å²) >= 11 is 5.95. The molecule has 1 amide bonds. The average molecular weight is 315 g/mol. The largest absolute Gasteiger partial charge is 0.338 e. The number of rotatable bonds is 1. The Morgan fingerprint density at radius 1 is 1.35 bits per heavy atom. The quantitative estimate of drug-likeness (QED) is 0.864. The van der Waals surface area contributed by atoms with Gasteiger partial charge in [0.15, 0.2) is 0 Å². The Morgan fingerprint density at radius 3 is 2.85 bits per heavy atom. The Hall–Kier alpha value is -0.770. The van der Waals surface area contributed by atoms with Gasteiger partial charge in [-0.1, -0.05) is 11.6 Å². The van der Waals surface area contributed by atoms with Crippen LogP contribution < -0.4 is 5.32 Å². The van der Waals surface area contributed by atoms with Gasteiger partial charge in [-0.25, -0.2) is 0 Å². The molecule has 5 heteroatoms. The number of carbonyl (C=O) groups is 1. The van der Waals surface area contributed by atoms with Crippen molar-refractivity contribution >= 4 is 29.9 Å². The first kappa shape index (κ1) is 15.6. The molecule has 0 aliphatic carbocycles. The highest BCUT2D eigenvalue weighted by Gasteiger charge is 2.34. The van der Waals surface area contributed by atoms with E-state index in [1.807, 2.05) is 24.0 Å². The summed E-state index contributed by atoms with van der Waals surface area (Å²) in [5.41, 5.74) is 1.75. The van der Waals surface area contributed by atoms with Crippen LogP contribution in [0.2, 0.25) is 5.02 Å². The summed E-state index contributed by atoms with van der Waals surface area (Å²) < 4.78 is 0. The van der Waals surface area contributed by atoms with Gasteiger partial charge in [-0.3, -0.25) is 4.79 Å². The first-order valence-corrected chi connectivity index (χ1v) is 7.29. The van der Waals surface area contributed by atoms with Crippen molar-refractivity contribution in [3.05, 3.63) is 34.3 Å². The molecule has 1 aromatic carbocycles. The summed E-state index contributed by atoms with van der Waals surface area (Å²) in [6.07, 6.45) is 1.12. The lowest BCUT2D eigenvalue weighted by Gasteiger charge is -2.34. The second-order valence-electron chi connectivity index (χ2n) is 5.68. The van der Waals surface area contributed by atoms with Crippen LogP contribution in [0.3, 0.4) is 0 Å². The Labute approximate surface area is 131 Å². The molecule has 110 valence electrons. The smallest absolute Gasteiger partial charge is 0.254 e. The van der Waals surface area contributed by atoms with Crippen molar-refractivity contribution in [2.75, 3.05) is 26.2 Å². The van der Waals surface area contributed by atoms with Gasteiger partial charge in [0.05, 0.1) is 0 Å². The van der Waals surface area contributed by atoms with Gasteiger partial charge in [0.1, 0.15) is 0 Å². The van der Waals surface area contributed by atoms with Crippen LogP contribution in [-0.4, -0.2) is 37.0 Å². The van der Waals surface area contributed by atoms with Gasteiger partial charge in [-0.2, -0.15) is 0 Å². The predicted molar refractivity (Wildman–Crippen MR) is 83.8 cm³/mol. The van der Waals surface area contributed by atoms with Gasteiger partial charge in [-0.05, 0) is 62.0 Å². The van der Waals surface area contributed by atoms with E-state index in [0.717, 1.165) is 49.6 Å². The van der Waals surface area contributed by atoms with Gasteiger partial charge in [-0.15, -0.1) is 12.4 Å². The van der Waals surface area contributed by atoms with E-state index in [0.29, 0.717) is 10.9 Å². The fourth-order valence-corrected chi connectivity index (χ4v) is 3.48. The number of hydrogen-bond acceptors (Lipinski definition) is 2. The summed E-state index contributed by atoms with van der Waals surface area (Å²) in [6.45, 7) is 5.88. The molecule has 0 radical (unpaired) electrons. The normalized spacial score (nSPS) is 25.0. The molecule has 2 aliphatic heterocycles. The first-order chi connectivity index (χ1) is 9.15. The molecule has 1 N–H and O–H groups in total. The number of likely N-dealkylation sites (tertiary alicyclic amines) is 1. The average Bonchev–Trinajstić information content (AvgIpc) is 2.85. The van der Waals surface area contributed by atoms with Crippen LogP contribution >= 0.6 is 24.0 Å². The van der Waals surface area contributed by atoms with E-state index in [2.05, 4.69) is 5.32 Å². The van der Waals surface area contributed by atoms with Crippen molar-refractivity contribution in [2.24, 2.45) is 11.8 Å². The number of carbonyl (C=O) groups excluding carboxylic acids is 1. The highest BCUT2D eigenvalue weighted by atomic mass is 35.5. The second-order valence-corrected chi connectivity index (χ2v) is 6.11. The van der Waals surface area contributed by atoms with E-state index in [1.165, 1.54) is 0 Å². The third-order valence-electron chi connectivity index (χ3n) is 4.41. The van der Waals surface area contributed by atoms with Crippen LogP contribution in [0.1, 0.15) is 22.3 Å². The molecule has 1 aromatic rings. The maximum absolute atomic E-state index is 12.6. The molecule has 20 heavy (non-hydrogen) atoms. The molecular weight excluding hydrogens is 295 g/mol. The minimum Gasteiger partial charge on any atom is -0.338 e. The van der Waals surface area contributed by atoms with Gasteiger partial charge in [0.25, 0.3) is 5.91 Å². The molecule has 0 aromatic heterocycles. The lowest BCUT2D eigenvalue weighted by Crippen LogP contribution is -2.43. The minimum absolute atomic E-state index is 0. The molecule has 0 bridgehead atoms. The van der Waals surface area contributed by atoms with Crippen molar-refractivity contribution in [3.63, 3.8) is 0 Å². The van der Waals surface area contributed by atoms with Gasteiger partial charge in [0.2, 0.25) is 0 Å². The summed E-state index contributed by atoms with van der Waals surface area (Å²) in [5, 5.41) is 4.11. The number of benzene rings is 1. The SMILES string of the molecule is Cc1cc(Cl)ccc1C(=O)N1CCC2CNCC2C1.Cl. The van der Waals surface area contributed by atoms with Crippen molar-refractivity contribution in [1.82, 2.24) is 10.2 Å². The van der Waals surface area contributed by atoms with Crippen molar-refractivity contribution in [2.45, 2.75) is 13.3 Å². The monoisotopic (exact) mass is 314 g/mol. The lowest BCUT2D eigenvalue weighted by molar-refractivity contribution is 0.0642. The minimum atomic E-state index is 0. The highest BCUT2D eigenvalue weighted by molar-refractivity contribution is 6.30. The summed E-state index contributed by atoms with van der Waals surface area (Å²) in [4.78, 5) is 14.6. The number of fused-ring (bicyclic) bond motifs is 1. The second kappa shape index (κ2) is 6.33. The number of hydrogen-bond donors (Lipinski definition) is 1. The van der Waals surface area contributed by atoms with Crippen LogP contribution in [0.5, 0.6) is 0 Å². The van der Waals surface area contributed by atoms with Crippen LogP contribution in [0.25, 0.3) is 0 Å². The molecule has 3 rings (SSSR count). The maximum atomic E-state index is 12.6. The van der Waals surface area contributed by atoms with Gasteiger partial charge in [0, 0.05) is 23.7 Å². The van der Waals surface area contributed by atoms with E-state index >= 15 is 0 Å². The Kier molecular flexibility index (Phi) is 4.95. The molecule has 2 atom stereocenters. The lowest BCUT2D eigenvalue weighted by atomic mass is 9.88. The Balaban J connectivity index is 0.00000147. The number of aryl methyl sites for hydroxylation is 1. The van der Waals surface area contributed by atoms with E-state index in [9.17, 15) is 4.79 Å². The molecule has 2 unspecified atom stereocenters. The van der Waals surface area contributed by atoms with Gasteiger partial charge >= 0.3 is 0 Å². The third kappa shape index (κ3) is 2.95. The molecule has 0 saturated carbocycles. The number of amides is 1. The third-order valence-corrected chi connectivity index (χ3v) is 4.65. The zero-order valence-corrected chi connectivity index (χ0v) is 13.1. The molecule has 2 saturated heterocycles. The van der Waals surface area contributed by atoms with E-state index in [1.54, 1.807) is 6.07 Å². The predicted octanol–water partition coefficient (Wildman–Crippen LogP) is 2.75. The fraction of sp³-hybridized carbons (Fsp3) is 0.533. The van der Waals surface area contributed by atoms with Crippen LogP contribution in [0.4, 0.5) is 0 Å². The number of nitrogens with one attached hydrogen (secondary N) is 1. The van der Waals surface area contributed by atoms with Gasteiger partial charge < -0.3 is 10.2 Å². The van der Waals surface area contributed by atoms with E-state index in [4.69, 9.17) is 11.6 Å². The van der Waals surface area contributed by atoms with E-state index < -0.39 is 0 Å². The van der Waals surface area contributed by atoms with Crippen molar-refractivity contribution < 1.29 is 4.79 Å². The highest BCUT2D eigenvalue weighted by Crippen LogP contribution is 2.28. The topological polar surface area (TPSA) is 32.3 Å². The molecule has 2 aliphatic rings. The maximum Gasteiger partial charge on any atom is 0.254 e. The molecule has 2 heterocycles. The number of piperidine rings is 1. The van der Waals surface area contributed by atoms with Crippen LogP contribution in [-0.2, 0) is 0 Å². The summed E-state index contributed by atoms with van der Waals surface area (Å²) in [5.74, 6) is 1.54. The van der Waals surface area contributed by atoms with E-state index in [-0.39, 0.29) is 18.3 Å². The zero-order chi connectivity index (χ0) is 13.4. The molecular formula is C15H20Cl2N2O.